The van der Waals surface area contributed by atoms with E-state index in [1.54, 1.807) is 13.8 Å². The zero-order chi connectivity index (χ0) is 13.9. The van der Waals surface area contributed by atoms with Crippen LogP contribution >= 0.6 is 27.5 Å². The van der Waals surface area contributed by atoms with Gasteiger partial charge < -0.3 is 4.74 Å². The van der Waals surface area contributed by atoms with Gasteiger partial charge in [0.05, 0.1) is 0 Å². The Balaban J connectivity index is 2.78. The smallest absolute Gasteiger partial charge is 0.211 e. The molecule has 0 N–H and O–H groups in total. The van der Waals surface area contributed by atoms with Crippen LogP contribution in [-0.2, 0) is 4.79 Å². The minimum atomic E-state index is -0.673. The van der Waals surface area contributed by atoms with Crippen molar-refractivity contribution in [3.8, 4) is 5.75 Å². The number of benzene rings is 1. The highest BCUT2D eigenvalue weighted by atomic mass is 79.9. The lowest BCUT2D eigenvalue weighted by atomic mass is 9.91. The Morgan fingerprint density at radius 1 is 1.39 bits per heavy atom. The lowest BCUT2D eigenvalue weighted by Gasteiger charge is -2.23. The van der Waals surface area contributed by atoms with E-state index in [1.807, 2.05) is 32.0 Å². The minimum Gasteiger partial charge on any atom is -0.471 e. The Labute approximate surface area is 122 Å². The van der Waals surface area contributed by atoms with Gasteiger partial charge in [-0.1, -0.05) is 19.9 Å². The molecule has 0 fully saturated rings. The second kappa shape index (κ2) is 6.07. The Morgan fingerprint density at radius 2 is 2.00 bits per heavy atom. The van der Waals surface area contributed by atoms with Crippen molar-refractivity contribution in [3.63, 3.8) is 0 Å². The van der Waals surface area contributed by atoms with Gasteiger partial charge in [0, 0.05) is 11.3 Å². The van der Waals surface area contributed by atoms with Gasteiger partial charge in [-0.3, -0.25) is 4.79 Å². The summed E-state index contributed by atoms with van der Waals surface area (Å²) in [6.45, 7) is 7.66. The Morgan fingerprint density at radius 3 is 2.50 bits per heavy atom. The van der Waals surface area contributed by atoms with Crippen molar-refractivity contribution in [1.29, 1.82) is 0 Å². The van der Waals surface area contributed by atoms with Crippen LogP contribution in [0.4, 0.5) is 0 Å². The molecule has 1 rings (SSSR count). The first-order valence-electron chi connectivity index (χ1n) is 5.76. The van der Waals surface area contributed by atoms with Crippen molar-refractivity contribution in [3.05, 3.63) is 29.3 Å². The number of ether oxygens (including phenoxy) is 1. The van der Waals surface area contributed by atoms with Crippen LogP contribution in [0.5, 0.6) is 5.75 Å². The zero-order valence-electron chi connectivity index (χ0n) is 11.1. The van der Waals surface area contributed by atoms with Crippen LogP contribution in [0.1, 0.15) is 25.0 Å². The predicted octanol–water partition coefficient (Wildman–Crippen LogP) is 4.24. The van der Waals surface area contributed by atoms with Gasteiger partial charge in [-0.15, -0.1) is 11.6 Å². The number of halogens is 2. The van der Waals surface area contributed by atoms with E-state index < -0.39 is 10.4 Å². The second-order valence-electron chi connectivity index (χ2n) is 5.06. The van der Waals surface area contributed by atoms with E-state index in [4.69, 9.17) is 16.3 Å². The molecule has 0 aliphatic heterocycles. The molecule has 0 saturated heterocycles. The van der Waals surface area contributed by atoms with Crippen LogP contribution < -0.4 is 4.74 Å². The van der Waals surface area contributed by atoms with Crippen molar-refractivity contribution < 1.29 is 9.53 Å². The summed E-state index contributed by atoms with van der Waals surface area (Å²) in [6, 6.07) is 5.75. The molecule has 100 valence electrons. The van der Waals surface area contributed by atoms with Crippen molar-refractivity contribution in [2.24, 2.45) is 5.41 Å². The van der Waals surface area contributed by atoms with Crippen LogP contribution in [0, 0.1) is 19.3 Å². The molecule has 1 atom stereocenters. The number of carbonyl (C=O) groups is 1. The molecular formula is C14H18BrClO2. The molecule has 1 aromatic rings. The molecule has 0 aromatic heterocycles. The molecule has 0 spiro atoms. The molecule has 2 nitrogen and oxygen atoms in total. The fourth-order valence-corrected chi connectivity index (χ4v) is 2.30. The first-order valence-corrected chi connectivity index (χ1v) is 7.21. The van der Waals surface area contributed by atoms with E-state index in [0.717, 1.165) is 5.56 Å². The molecule has 1 aromatic carbocycles. The van der Waals surface area contributed by atoms with E-state index >= 15 is 0 Å². The van der Waals surface area contributed by atoms with Gasteiger partial charge in [0.15, 0.2) is 5.78 Å². The van der Waals surface area contributed by atoms with Gasteiger partial charge in [0.1, 0.15) is 5.75 Å². The average molecular weight is 334 g/mol. The molecular weight excluding hydrogens is 316 g/mol. The van der Waals surface area contributed by atoms with Crippen LogP contribution in [-0.4, -0.2) is 16.7 Å². The summed E-state index contributed by atoms with van der Waals surface area (Å²) < 4.78 is 5.61. The van der Waals surface area contributed by atoms with E-state index in [-0.39, 0.29) is 11.7 Å². The number of hydrogen-bond donors (Lipinski definition) is 0. The number of alkyl halides is 2. The second-order valence-corrected chi connectivity index (χ2v) is 6.16. The summed E-state index contributed by atoms with van der Waals surface area (Å²) in [6.07, 6.45) is 0. The van der Waals surface area contributed by atoms with Gasteiger partial charge in [0.25, 0.3) is 0 Å². The quantitative estimate of drug-likeness (QED) is 0.753. The molecule has 4 heteroatoms. The fourth-order valence-electron chi connectivity index (χ4n) is 1.33. The lowest BCUT2D eigenvalue weighted by molar-refractivity contribution is -0.129. The van der Waals surface area contributed by atoms with Crippen LogP contribution in [0.3, 0.4) is 0 Å². The summed E-state index contributed by atoms with van der Waals surface area (Å²) in [5.41, 5.74) is 1.73. The summed E-state index contributed by atoms with van der Waals surface area (Å²) >= 11 is 9.05. The lowest BCUT2D eigenvalue weighted by Crippen LogP contribution is -2.35. The van der Waals surface area contributed by atoms with Crippen LogP contribution in [0.25, 0.3) is 0 Å². The van der Waals surface area contributed by atoms with E-state index in [2.05, 4.69) is 15.9 Å². The molecule has 18 heavy (non-hydrogen) atoms. The highest BCUT2D eigenvalue weighted by Gasteiger charge is 2.33. The normalized spacial score (nSPS) is 13.2. The minimum absolute atomic E-state index is 0.0595. The molecule has 0 radical (unpaired) electrons. The van der Waals surface area contributed by atoms with Crippen LogP contribution in [0.15, 0.2) is 18.2 Å². The third-order valence-electron chi connectivity index (χ3n) is 2.93. The standard InChI is InChI=1S/C14H18BrClO2/c1-9-5-6-11(7-10(9)2)18-13(15)12(17)14(3,4)8-16/h5-7,13H,8H2,1-4H3. The Kier molecular flexibility index (Phi) is 5.23. The Bertz CT molecular complexity index is 443. The Hall–Kier alpha value is -0.540. The summed E-state index contributed by atoms with van der Waals surface area (Å²) in [7, 11) is 0. The monoisotopic (exact) mass is 332 g/mol. The van der Waals surface area contributed by atoms with Crippen molar-refractivity contribution in [1.82, 2.24) is 0 Å². The summed E-state index contributed by atoms with van der Waals surface area (Å²) in [5.74, 6) is 0.888. The molecule has 0 aliphatic rings. The van der Waals surface area contributed by atoms with E-state index in [0.29, 0.717) is 5.75 Å². The summed E-state index contributed by atoms with van der Waals surface area (Å²) in [5, 5.41) is -0.673. The SMILES string of the molecule is Cc1ccc(OC(Br)C(=O)C(C)(C)CCl)cc1C. The number of aryl methyl sites for hydroxylation is 2. The van der Waals surface area contributed by atoms with Gasteiger partial charge >= 0.3 is 0 Å². The molecule has 0 heterocycles. The summed E-state index contributed by atoms with van der Waals surface area (Å²) in [4.78, 5) is 12.1. The van der Waals surface area contributed by atoms with Gasteiger partial charge in [0.2, 0.25) is 5.01 Å². The van der Waals surface area contributed by atoms with Gasteiger partial charge in [-0.25, -0.2) is 0 Å². The fraction of sp³-hybridized carbons (Fsp3) is 0.500. The largest absolute Gasteiger partial charge is 0.471 e. The highest BCUT2D eigenvalue weighted by Crippen LogP contribution is 2.26. The topological polar surface area (TPSA) is 26.3 Å². The van der Waals surface area contributed by atoms with Gasteiger partial charge in [-0.2, -0.15) is 0 Å². The number of ketones is 1. The third-order valence-corrected chi connectivity index (χ3v) is 4.20. The first kappa shape index (κ1) is 15.5. The molecule has 0 bridgehead atoms. The first-order chi connectivity index (χ1) is 8.27. The van der Waals surface area contributed by atoms with Gasteiger partial charge in [-0.05, 0) is 53.0 Å². The molecule has 0 saturated carbocycles. The number of carbonyl (C=O) groups excluding carboxylic acids is 1. The van der Waals surface area contributed by atoms with Crippen molar-refractivity contribution in [2.75, 3.05) is 5.88 Å². The number of rotatable bonds is 5. The van der Waals surface area contributed by atoms with E-state index in [1.165, 1.54) is 5.56 Å². The highest BCUT2D eigenvalue weighted by molar-refractivity contribution is 9.09. The van der Waals surface area contributed by atoms with E-state index in [9.17, 15) is 4.79 Å². The maximum Gasteiger partial charge on any atom is 0.211 e. The molecule has 0 amide bonds. The maximum atomic E-state index is 12.1. The van der Waals surface area contributed by atoms with Crippen LogP contribution in [0.2, 0.25) is 0 Å². The maximum absolute atomic E-state index is 12.1. The number of hydrogen-bond acceptors (Lipinski definition) is 2. The number of Topliss-reactive ketones (excluding diaryl/α,β-unsaturated/α-hetero) is 1. The average Bonchev–Trinajstić information content (AvgIpc) is 2.32. The zero-order valence-corrected chi connectivity index (χ0v) is 13.4. The predicted molar refractivity (Wildman–Crippen MR) is 78.8 cm³/mol. The van der Waals surface area contributed by atoms with Crippen molar-refractivity contribution in [2.45, 2.75) is 32.7 Å². The molecule has 0 aliphatic carbocycles. The molecule has 1 unspecified atom stereocenters. The van der Waals surface area contributed by atoms with Crippen molar-refractivity contribution >= 4 is 33.3 Å². The third kappa shape index (κ3) is 3.72.